The van der Waals surface area contributed by atoms with Crippen LogP contribution in [0, 0.1) is 0 Å². The maximum Gasteiger partial charge on any atom is 3.00 e. The quantitative estimate of drug-likeness (QED) is 0.485. The fraction of sp³-hybridized carbons (Fsp3) is 0. The van der Waals surface area contributed by atoms with Gasteiger partial charge in [0.2, 0.25) is 0 Å². The first kappa shape index (κ1) is 31.9. The summed E-state index contributed by atoms with van der Waals surface area (Å²) in [5.41, 5.74) is 0. The molecule has 0 saturated carbocycles. The third-order valence-electron chi connectivity index (χ3n) is 0. The Bertz CT molecular complexity index is 8.00. The Balaban J connectivity index is 0. The van der Waals surface area contributed by atoms with Crippen molar-refractivity contribution in [3.05, 3.63) is 0 Å². The molecule has 0 aliphatic carbocycles. The summed E-state index contributed by atoms with van der Waals surface area (Å²) in [4.78, 5) is 0. The van der Waals surface area contributed by atoms with Crippen molar-refractivity contribution >= 4 is 58.7 Å². The molecule has 4 heavy (non-hydrogen) atoms. The van der Waals surface area contributed by atoms with E-state index in [4.69, 9.17) is 0 Å². The van der Waals surface area contributed by atoms with Crippen LogP contribution in [0.1, 0.15) is 0 Å². The molecule has 0 atom stereocenters. The first-order chi connectivity index (χ1) is 0. The first-order valence-corrected chi connectivity index (χ1v) is 0. The largest absolute Gasteiger partial charge is 3.00 e. The minimum atomic E-state index is 0. The SMILES string of the molecule is [As+3].[Pb+2].[S-2].[Zn+2]. The van der Waals surface area contributed by atoms with Crippen molar-refractivity contribution in [2.24, 2.45) is 0 Å². The standard InChI is InChI=1S/As.Pb.S.Zn/q+3;+2;-2;+2. The zero-order valence-electron chi connectivity index (χ0n) is 2.06. The van der Waals surface area contributed by atoms with Gasteiger partial charge in [-0.1, -0.05) is 0 Å². The second-order valence-electron chi connectivity index (χ2n) is 0. The topological polar surface area (TPSA) is 0 Å². The molecule has 0 unspecified atom stereocenters. The molecule has 0 heterocycles. The van der Waals surface area contributed by atoms with Crippen LogP contribution in [-0.2, 0) is 33.0 Å². The van der Waals surface area contributed by atoms with Crippen LogP contribution >= 0.6 is 0 Å². The van der Waals surface area contributed by atoms with Crippen LogP contribution in [0.5, 0.6) is 0 Å². The predicted octanol–water partition coefficient (Wildman–Crippen LogP) is -0.766. The Labute approximate surface area is 77.2 Å². The van der Waals surface area contributed by atoms with E-state index in [1.165, 1.54) is 0 Å². The molecule has 0 saturated heterocycles. The van der Waals surface area contributed by atoms with Crippen LogP contribution < -0.4 is 0 Å². The normalized spacial score (nSPS) is 0. The Kier molecular flexibility index (Phi) is 143. The maximum atomic E-state index is 0. The van der Waals surface area contributed by atoms with E-state index in [-0.39, 0.29) is 78.2 Å². The van der Waals surface area contributed by atoms with E-state index in [1.807, 2.05) is 0 Å². The zero-order valence-corrected chi connectivity index (χ0v) is 11.6. The summed E-state index contributed by atoms with van der Waals surface area (Å²) in [6, 6.07) is 0. The average Bonchev–Trinajstić information content (AvgIpc) is 0. The van der Waals surface area contributed by atoms with Gasteiger partial charge in [-0.15, -0.1) is 0 Å². The molecular formula is AsPbSZn+5. The molecule has 0 aromatic rings. The Morgan fingerprint density at radius 3 is 1.00 bits per heavy atom. The predicted molar refractivity (Wildman–Crippen MR) is 18.9 cm³/mol. The van der Waals surface area contributed by atoms with Gasteiger partial charge in [0.15, 0.2) is 0 Å². The number of rotatable bonds is 0. The van der Waals surface area contributed by atoms with Crippen LogP contribution in [0.3, 0.4) is 0 Å². The molecule has 0 amide bonds. The summed E-state index contributed by atoms with van der Waals surface area (Å²) in [6.07, 6.45) is 0. The third-order valence-corrected chi connectivity index (χ3v) is 0. The molecule has 0 aromatic heterocycles. The molecule has 0 rings (SSSR count). The second kappa shape index (κ2) is 18.0. The summed E-state index contributed by atoms with van der Waals surface area (Å²) in [6.45, 7) is 0. The van der Waals surface area contributed by atoms with Crippen molar-refractivity contribution < 1.29 is 19.5 Å². The smallest absolute Gasteiger partial charge is 2.00 e. The molecule has 4 radical (unpaired) electrons. The average molecular weight is 380 g/mol. The summed E-state index contributed by atoms with van der Waals surface area (Å²) < 4.78 is 0. The van der Waals surface area contributed by atoms with Gasteiger partial charge in [0.05, 0.1) is 0 Å². The molecule has 0 aromatic carbocycles. The number of hydrogen-bond acceptors (Lipinski definition) is 0. The van der Waals surface area contributed by atoms with Crippen molar-refractivity contribution in [3.63, 3.8) is 0 Å². The summed E-state index contributed by atoms with van der Waals surface area (Å²) in [5, 5.41) is 0. The van der Waals surface area contributed by atoms with Gasteiger partial charge in [0.25, 0.3) is 0 Å². The minimum Gasteiger partial charge on any atom is -2.00 e. The Morgan fingerprint density at radius 2 is 1.00 bits per heavy atom. The molecule has 0 aliphatic heterocycles. The molecule has 12 valence electrons. The molecule has 0 nitrogen and oxygen atoms in total. The zero-order chi connectivity index (χ0) is 0. The molecule has 4 heteroatoms. The first-order valence-electron chi connectivity index (χ1n) is 0. The van der Waals surface area contributed by atoms with Crippen LogP contribution in [-0.4, -0.2) is 45.3 Å². The van der Waals surface area contributed by atoms with E-state index in [2.05, 4.69) is 0 Å². The van der Waals surface area contributed by atoms with Gasteiger partial charge in [-0.2, -0.15) is 0 Å². The molecule has 0 N–H and O–H groups in total. The molecular weight excluding hydrogens is 380 g/mol. The fourth-order valence-electron chi connectivity index (χ4n) is 0. The summed E-state index contributed by atoms with van der Waals surface area (Å²) in [7, 11) is 0. The van der Waals surface area contributed by atoms with E-state index in [0.29, 0.717) is 0 Å². The molecule has 0 spiro atoms. The van der Waals surface area contributed by atoms with E-state index in [0.717, 1.165) is 0 Å². The third kappa shape index (κ3) is 8.82. The summed E-state index contributed by atoms with van der Waals surface area (Å²) >= 11 is 0. The van der Waals surface area contributed by atoms with Crippen molar-refractivity contribution in [1.82, 2.24) is 0 Å². The van der Waals surface area contributed by atoms with Crippen LogP contribution in [0.4, 0.5) is 0 Å². The van der Waals surface area contributed by atoms with Crippen molar-refractivity contribution in [2.45, 2.75) is 0 Å². The van der Waals surface area contributed by atoms with E-state index < -0.39 is 0 Å². The van der Waals surface area contributed by atoms with Crippen LogP contribution in [0.25, 0.3) is 0 Å². The molecule has 0 aliphatic rings. The monoisotopic (exact) mass is 379 g/mol. The van der Waals surface area contributed by atoms with Crippen molar-refractivity contribution in [3.8, 4) is 0 Å². The van der Waals surface area contributed by atoms with Gasteiger partial charge in [0.1, 0.15) is 0 Å². The van der Waals surface area contributed by atoms with Crippen molar-refractivity contribution in [2.75, 3.05) is 0 Å². The molecule has 0 bridgehead atoms. The fourth-order valence-corrected chi connectivity index (χ4v) is 0. The Hall–Kier alpha value is 2.45. The van der Waals surface area contributed by atoms with Gasteiger partial charge >= 0.3 is 64.7 Å². The summed E-state index contributed by atoms with van der Waals surface area (Å²) in [5.74, 6) is 0. The van der Waals surface area contributed by atoms with Gasteiger partial charge in [0, 0.05) is 0 Å². The van der Waals surface area contributed by atoms with Crippen molar-refractivity contribution in [1.29, 1.82) is 0 Å². The maximum absolute atomic E-state index is 0. The van der Waals surface area contributed by atoms with Crippen LogP contribution in [0.2, 0.25) is 0 Å². The van der Waals surface area contributed by atoms with Gasteiger partial charge in [-0.05, 0) is 0 Å². The van der Waals surface area contributed by atoms with E-state index >= 15 is 0 Å². The van der Waals surface area contributed by atoms with Gasteiger partial charge in [-0.3, -0.25) is 0 Å². The van der Waals surface area contributed by atoms with E-state index in [9.17, 15) is 0 Å². The van der Waals surface area contributed by atoms with Gasteiger partial charge < -0.3 is 13.5 Å². The second-order valence-corrected chi connectivity index (χ2v) is 0. The van der Waals surface area contributed by atoms with Gasteiger partial charge in [-0.25, -0.2) is 0 Å². The number of hydrogen-bond donors (Lipinski definition) is 0. The molecule has 0 fully saturated rings. The van der Waals surface area contributed by atoms with Crippen LogP contribution in [0.15, 0.2) is 0 Å². The Morgan fingerprint density at radius 1 is 1.00 bits per heavy atom. The van der Waals surface area contributed by atoms with E-state index in [1.54, 1.807) is 0 Å². The minimum absolute atomic E-state index is 0.